The molecule has 2 heteroatoms. The molecule has 1 aromatic heterocycles. The zero-order valence-corrected chi connectivity index (χ0v) is 30.2. The molecule has 11 rings (SSSR count). The Morgan fingerprint density at radius 3 is 1.65 bits per heavy atom. The monoisotopic (exact) mass is 703 g/mol. The van der Waals surface area contributed by atoms with Crippen molar-refractivity contribution in [2.24, 2.45) is 0 Å². The van der Waals surface area contributed by atoms with E-state index in [0.29, 0.717) is 0 Å². The lowest BCUT2D eigenvalue weighted by Gasteiger charge is -2.26. The molecule has 54 heavy (non-hydrogen) atoms. The van der Waals surface area contributed by atoms with Crippen LogP contribution in [-0.2, 0) is 0 Å². The van der Waals surface area contributed by atoms with Crippen LogP contribution in [0, 0.1) is 0 Å². The molecule has 0 radical (unpaired) electrons. The minimum Gasteiger partial charge on any atom is -0.310 e. The second-order valence-electron chi connectivity index (χ2n) is 14.1. The van der Waals surface area contributed by atoms with E-state index < -0.39 is 0 Å². The van der Waals surface area contributed by atoms with Gasteiger partial charge in [-0.3, -0.25) is 0 Å². The smallest absolute Gasteiger partial charge is 0.0468 e. The molecule has 0 N–H and O–H groups in total. The average Bonchev–Trinajstić information content (AvgIpc) is 3.62. The summed E-state index contributed by atoms with van der Waals surface area (Å²) in [6.45, 7) is 0. The molecule has 1 nitrogen and oxygen atoms in total. The molecule has 0 unspecified atom stereocenters. The number of benzene rings is 10. The zero-order valence-electron chi connectivity index (χ0n) is 29.4. The van der Waals surface area contributed by atoms with Crippen LogP contribution in [0.15, 0.2) is 200 Å². The van der Waals surface area contributed by atoms with Crippen molar-refractivity contribution in [3.63, 3.8) is 0 Å². The Bertz CT molecular complexity index is 3200. The van der Waals surface area contributed by atoms with Crippen LogP contribution in [-0.4, -0.2) is 0 Å². The number of thiophene rings is 1. The van der Waals surface area contributed by atoms with Crippen LogP contribution in [0.1, 0.15) is 0 Å². The molecule has 0 aliphatic heterocycles. The summed E-state index contributed by atoms with van der Waals surface area (Å²) in [5.41, 5.74) is 8.25. The van der Waals surface area contributed by atoms with E-state index in [9.17, 15) is 0 Å². The van der Waals surface area contributed by atoms with Gasteiger partial charge in [-0.05, 0) is 120 Å². The van der Waals surface area contributed by atoms with Gasteiger partial charge in [0.1, 0.15) is 0 Å². The first-order valence-electron chi connectivity index (χ1n) is 18.5. The second-order valence-corrected chi connectivity index (χ2v) is 15.2. The molecule has 252 valence electrons. The fourth-order valence-electron chi connectivity index (χ4n) is 8.39. The second kappa shape index (κ2) is 12.4. The first-order valence-corrected chi connectivity index (χ1v) is 19.3. The van der Waals surface area contributed by atoms with Crippen molar-refractivity contribution >= 4 is 91.7 Å². The molecular weight excluding hydrogens is 671 g/mol. The van der Waals surface area contributed by atoms with Gasteiger partial charge in [-0.2, -0.15) is 0 Å². The Morgan fingerprint density at radius 1 is 0.296 bits per heavy atom. The molecule has 0 saturated carbocycles. The largest absolute Gasteiger partial charge is 0.310 e. The fraction of sp³-hybridized carbons (Fsp3) is 0. The van der Waals surface area contributed by atoms with Crippen molar-refractivity contribution in [1.82, 2.24) is 0 Å². The number of anilines is 3. The standard InChI is InChI=1S/C52H33NS/c1-3-11-44-35(8-1)10-7-14-45(44)37-22-27-42(28-23-37)53(43-29-31-51-49(33-43)48-13-5-6-15-50(48)54-51)41-25-20-34(21-26-41)39-24-30-47-40(32-39)19-18-38-17-16-36-9-2-4-12-46(36)52(38)47/h1-33H. The molecule has 0 aliphatic rings. The molecule has 11 aromatic rings. The van der Waals surface area contributed by atoms with Gasteiger partial charge in [-0.1, -0.05) is 146 Å². The molecule has 1 heterocycles. The summed E-state index contributed by atoms with van der Waals surface area (Å²) in [5, 5.41) is 12.8. The minimum absolute atomic E-state index is 1.12. The number of nitrogens with zero attached hydrogens (tertiary/aromatic N) is 1. The highest BCUT2D eigenvalue weighted by Gasteiger charge is 2.16. The Hall–Kier alpha value is -6.74. The van der Waals surface area contributed by atoms with Gasteiger partial charge in [0.25, 0.3) is 0 Å². The van der Waals surface area contributed by atoms with Gasteiger partial charge in [0.15, 0.2) is 0 Å². The van der Waals surface area contributed by atoms with E-state index in [-0.39, 0.29) is 0 Å². The lowest BCUT2D eigenvalue weighted by molar-refractivity contribution is 1.29. The van der Waals surface area contributed by atoms with Crippen molar-refractivity contribution < 1.29 is 0 Å². The van der Waals surface area contributed by atoms with Crippen molar-refractivity contribution in [2.75, 3.05) is 4.90 Å². The van der Waals surface area contributed by atoms with Crippen LogP contribution < -0.4 is 4.90 Å². The van der Waals surface area contributed by atoms with Gasteiger partial charge >= 0.3 is 0 Å². The lowest BCUT2D eigenvalue weighted by atomic mass is 9.94. The van der Waals surface area contributed by atoms with E-state index in [0.717, 1.165) is 17.1 Å². The van der Waals surface area contributed by atoms with E-state index in [1.54, 1.807) is 0 Å². The van der Waals surface area contributed by atoms with E-state index in [4.69, 9.17) is 0 Å². The van der Waals surface area contributed by atoms with Gasteiger partial charge in [-0.15, -0.1) is 11.3 Å². The van der Waals surface area contributed by atoms with E-state index >= 15 is 0 Å². The Balaban J connectivity index is 1.01. The molecule has 0 atom stereocenters. The number of hydrogen-bond donors (Lipinski definition) is 0. The Morgan fingerprint density at radius 2 is 0.852 bits per heavy atom. The van der Waals surface area contributed by atoms with Crippen LogP contribution in [0.3, 0.4) is 0 Å². The fourth-order valence-corrected chi connectivity index (χ4v) is 9.47. The van der Waals surface area contributed by atoms with Gasteiger partial charge < -0.3 is 4.90 Å². The molecule has 0 bridgehead atoms. The van der Waals surface area contributed by atoms with Crippen LogP contribution in [0.2, 0.25) is 0 Å². The maximum absolute atomic E-state index is 2.39. The quantitative estimate of drug-likeness (QED) is 0.161. The lowest BCUT2D eigenvalue weighted by Crippen LogP contribution is -2.09. The highest BCUT2D eigenvalue weighted by Crippen LogP contribution is 2.42. The van der Waals surface area contributed by atoms with Gasteiger partial charge in [-0.25, -0.2) is 0 Å². The summed E-state index contributed by atoms with van der Waals surface area (Å²) >= 11 is 1.86. The maximum Gasteiger partial charge on any atom is 0.0468 e. The molecule has 0 amide bonds. The summed E-state index contributed by atoms with van der Waals surface area (Å²) in [5.74, 6) is 0. The van der Waals surface area contributed by atoms with Gasteiger partial charge in [0, 0.05) is 37.2 Å². The minimum atomic E-state index is 1.12. The SMILES string of the molecule is c1ccc2c(-c3ccc(N(c4ccc(-c5ccc6c(ccc7ccc8ccccc8c76)c5)cc4)c4ccc5sc6ccccc6c5c4)cc3)cccc2c1. The molecule has 0 spiro atoms. The summed E-state index contributed by atoms with van der Waals surface area (Å²) in [7, 11) is 0. The van der Waals surface area contributed by atoms with Crippen molar-refractivity contribution in [3.05, 3.63) is 200 Å². The normalized spacial score (nSPS) is 11.7. The molecule has 10 aromatic carbocycles. The third-order valence-electron chi connectivity index (χ3n) is 11.0. The summed E-state index contributed by atoms with van der Waals surface area (Å²) < 4.78 is 2.62. The van der Waals surface area contributed by atoms with Crippen molar-refractivity contribution in [2.45, 2.75) is 0 Å². The van der Waals surface area contributed by atoms with Gasteiger partial charge in [0.05, 0.1) is 0 Å². The van der Waals surface area contributed by atoms with Crippen molar-refractivity contribution in [1.29, 1.82) is 0 Å². The van der Waals surface area contributed by atoms with Crippen LogP contribution in [0.5, 0.6) is 0 Å². The molecular formula is C52H33NS. The summed E-state index contributed by atoms with van der Waals surface area (Å²) in [4.78, 5) is 2.39. The highest BCUT2D eigenvalue weighted by atomic mass is 32.1. The van der Waals surface area contributed by atoms with Crippen molar-refractivity contribution in [3.8, 4) is 22.3 Å². The molecule has 0 aliphatic carbocycles. The maximum atomic E-state index is 2.39. The van der Waals surface area contributed by atoms with Crippen LogP contribution in [0.25, 0.3) is 85.5 Å². The third kappa shape index (κ3) is 5.07. The first-order chi connectivity index (χ1) is 26.7. The van der Waals surface area contributed by atoms with E-state index in [1.807, 2.05) is 11.3 Å². The molecule has 0 fully saturated rings. The summed E-state index contributed by atoms with van der Waals surface area (Å²) in [6.07, 6.45) is 0. The topological polar surface area (TPSA) is 3.24 Å². The predicted molar refractivity (Wildman–Crippen MR) is 235 cm³/mol. The van der Waals surface area contributed by atoms with Crippen LogP contribution in [0.4, 0.5) is 17.1 Å². The number of fused-ring (bicyclic) bond motifs is 9. The third-order valence-corrected chi connectivity index (χ3v) is 12.2. The predicted octanol–water partition coefficient (Wildman–Crippen LogP) is 15.5. The van der Waals surface area contributed by atoms with Crippen LogP contribution >= 0.6 is 11.3 Å². The number of rotatable bonds is 5. The Labute approximate surface area is 317 Å². The van der Waals surface area contributed by atoms with Gasteiger partial charge in [0.2, 0.25) is 0 Å². The van der Waals surface area contributed by atoms with E-state index in [1.165, 1.54) is 85.5 Å². The molecule has 0 saturated heterocycles. The summed E-state index contributed by atoms with van der Waals surface area (Å²) in [6, 6.07) is 73.5. The first kappa shape index (κ1) is 30.8. The number of hydrogen-bond acceptors (Lipinski definition) is 2. The van der Waals surface area contributed by atoms with E-state index in [2.05, 4.69) is 205 Å². The zero-order chi connectivity index (χ0) is 35.6. The average molecular weight is 704 g/mol. The Kier molecular flexibility index (Phi) is 7.11. The highest BCUT2D eigenvalue weighted by molar-refractivity contribution is 7.25.